The minimum absolute atomic E-state index is 0.189. The van der Waals surface area contributed by atoms with Gasteiger partial charge in [0.05, 0.1) is 17.7 Å². The van der Waals surface area contributed by atoms with Gasteiger partial charge in [0, 0.05) is 11.0 Å². The molecule has 0 aliphatic heterocycles. The molecule has 0 radical (unpaired) electrons. The van der Waals surface area contributed by atoms with E-state index >= 15 is 0 Å². The van der Waals surface area contributed by atoms with Gasteiger partial charge in [0.15, 0.2) is 0 Å². The molecule has 0 fully saturated rings. The molecule has 7 heteroatoms. The number of alkyl halides is 1. The Bertz CT molecular complexity index is 470. The molecule has 1 amide bonds. The van der Waals surface area contributed by atoms with E-state index in [1.807, 2.05) is 22.6 Å². The zero-order valence-corrected chi connectivity index (χ0v) is 13.9. The monoisotopic (exact) mass is 445 g/mol. The van der Waals surface area contributed by atoms with E-state index in [9.17, 15) is 9.59 Å². The highest BCUT2D eigenvalue weighted by atomic mass is 127. The summed E-state index contributed by atoms with van der Waals surface area (Å²) in [6.07, 6.45) is 0. The van der Waals surface area contributed by atoms with Gasteiger partial charge >= 0.3 is 5.97 Å². The summed E-state index contributed by atoms with van der Waals surface area (Å²) in [5, 5.41) is 2.97. The summed E-state index contributed by atoms with van der Waals surface area (Å²) in [6, 6.07) is 5.07. The van der Waals surface area contributed by atoms with Gasteiger partial charge in [-0.3, -0.25) is 9.59 Å². The van der Waals surface area contributed by atoms with Gasteiger partial charge in [0.25, 0.3) is 5.91 Å². The number of carbonyl (C=O) groups is 2. The molecule has 1 aromatic carbocycles. The van der Waals surface area contributed by atoms with Gasteiger partial charge in [-0.15, -0.1) is 0 Å². The Hall–Kier alpha value is -0.340. The molecule has 1 atom stereocenters. The average molecular weight is 446 g/mol. The van der Waals surface area contributed by atoms with Crippen LogP contribution in [0.25, 0.3) is 0 Å². The van der Waals surface area contributed by atoms with Crippen molar-refractivity contribution in [3.05, 3.63) is 33.3 Å². The number of rotatable bonds is 4. The smallest absolute Gasteiger partial charge is 0.320 e. The van der Waals surface area contributed by atoms with Crippen LogP contribution in [0.5, 0.6) is 0 Å². The molecule has 1 N–H and O–H groups in total. The first-order chi connectivity index (χ1) is 8.47. The first-order valence-corrected chi connectivity index (χ1v) is 7.33. The number of esters is 1. The third-order valence-electron chi connectivity index (χ3n) is 2.09. The molecule has 1 aromatic rings. The highest BCUT2D eigenvalue weighted by Crippen LogP contribution is 2.25. The molecule has 0 aliphatic rings. The normalized spacial score (nSPS) is 11.8. The number of carbonyl (C=O) groups excluding carboxylic acids is 2. The zero-order chi connectivity index (χ0) is 13.7. The molecule has 0 aromatic heterocycles. The lowest BCUT2D eigenvalue weighted by molar-refractivity contribution is -0.139. The average Bonchev–Trinajstić information content (AvgIpc) is 2.37. The summed E-state index contributed by atoms with van der Waals surface area (Å²) in [5.74, 6) is -0.705. The van der Waals surface area contributed by atoms with Gasteiger partial charge in [-0.2, -0.15) is 0 Å². The van der Waals surface area contributed by atoms with Crippen LogP contribution >= 0.6 is 50.1 Å². The summed E-state index contributed by atoms with van der Waals surface area (Å²) in [6.45, 7) is 0.189. The predicted octanol–water partition coefficient (Wildman–Crippen LogP) is 2.81. The van der Waals surface area contributed by atoms with Crippen molar-refractivity contribution in [1.82, 2.24) is 5.32 Å². The second-order valence-corrected chi connectivity index (χ2v) is 6.04. The first kappa shape index (κ1) is 15.7. The minimum Gasteiger partial charge on any atom is -0.468 e. The largest absolute Gasteiger partial charge is 0.468 e. The molecule has 4 nitrogen and oxygen atoms in total. The lowest BCUT2D eigenvalue weighted by Crippen LogP contribution is -2.34. The maximum absolute atomic E-state index is 11.9. The highest BCUT2D eigenvalue weighted by molar-refractivity contribution is 14.1. The van der Waals surface area contributed by atoms with Crippen molar-refractivity contribution in [1.29, 1.82) is 0 Å². The zero-order valence-electron chi connectivity index (χ0n) is 9.38. The molecule has 98 valence electrons. The predicted molar refractivity (Wildman–Crippen MR) is 81.3 cm³/mol. The van der Waals surface area contributed by atoms with Crippen molar-refractivity contribution < 1.29 is 14.3 Å². The molecule has 1 rings (SSSR count). The first-order valence-electron chi connectivity index (χ1n) is 4.91. The van der Waals surface area contributed by atoms with E-state index in [1.54, 1.807) is 18.2 Å². The second kappa shape index (κ2) is 7.30. The van der Waals surface area contributed by atoms with Crippen LogP contribution in [0, 0.1) is 0 Å². The standard InChI is InChI=1S/C11H10BrClINO3/c1-18-11(17)8(14)5-15-10(16)6-3-2-4-7(12)9(6)13/h2-4,8H,5H2,1H3,(H,15,16). The molecule has 0 heterocycles. The van der Waals surface area contributed by atoms with E-state index in [2.05, 4.69) is 26.0 Å². The van der Waals surface area contributed by atoms with Crippen LogP contribution in [0.3, 0.4) is 0 Å². The van der Waals surface area contributed by atoms with E-state index in [1.165, 1.54) is 7.11 Å². The van der Waals surface area contributed by atoms with E-state index < -0.39 is 3.92 Å². The van der Waals surface area contributed by atoms with Crippen molar-refractivity contribution in [3.63, 3.8) is 0 Å². The van der Waals surface area contributed by atoms with E-state index in [4.69, 9.17) is 11.6 Å². The lowest BCUT2D eigenvalue weighted by Gasteiger charge is -2.10. The van der Waals surface area contributed by atoms with Crippen LogP contribution in [0.1, 0.15) is 10.4 Å². The summed E-state index contributed by atoms with van der Waals surface area (Å²) in [4.78, 5) is 23.0. The van der Waals surface area contributed by atoms with Gasteiger partial charge in [-0.25, -0.2) is 0 Å². The molecule has 0 saturated carbocycles. The van der Waals surface area contributed by atoms with Crippen LogP contribution in [0.2, 0.25) is 5.02 Å². The van der Waals surface area contributed by atoms with Crippen LogP contribution in [-0.2, 0) is 9.53 Å². The van der Waals surface area contributed by atoms with Crippen LogP contribution in [0.4, 0.5) is 0 Å². The summed E-state index contributed by atoms with van der Waals surface area (Å²) < 4.78 is 4.78. The van der Waals surface area contributed by atoms with Crippen molar-refractivity contribution in [2.45, 2.75) is 3.92 Å². The maximum Gasteiger partial charge on any atom is 0.320 e. The molecular weight excluding hydrogens is 436 g/mol. The van der Waals surface area contributed by atoms with Crippen molar-refractivity contribution >= 4 is 62.0 Å². The number of benzene rings is 1. The van der Waals surface area contributed by atoms with E-state index in [0.717, 1.165) is 0 Å². The SMILES string of the molecule is COC(=O)C(I)CNC(=O)c1cccc(Br)c1Cl. The Morgan fingerprint density at radius 1 is 1.56 bits per heavy atom. The molecule has 1 unspecified atom stereocenters. The molecule has 0 spiro atoms. The fourth-order valence-corrected chi connectivity index (χ4v) is 2.22. The fraction of sp³-hybridized carbons (Fsp3) is 0.273. The quantitative estimate of drug-likeness (QED) is 0.440. The van der Waals surface area contributed by atoms with Gasteiger partial charge in [0.2, 0.25) is 0 Å². The van der Waals surface area contributed by atoms with Gasteiger partial charge in [-0.05, 0) is 28.1 Å². The van der Waals surface area contributed by atoms with Crippen LogP contribution in [-0.4, -0.2) is 29.5 Å². The Balaban J connectivity index is 2.66. The third kappa shape index (κ3) is 4.10. The summed E-state index contributed by atoms with van der Waals surface area (Å²) in [5.41, 5.74) is 0.361. The summed E-state index contributed by atoms with van der Waals surface area (Å²) in [7, 11) is 1.31. The number of nitrogens with one attached hydrogen (secondary N) is 1. The molecule has 18 heavy (non-hydrogen) atoms. The van der Waals surface area contributed by atoms with Gasteiger partial charge in [-0.1, -0.05) is 40.3 Å². The topological polar surface area (TPSA) is 55.4 Å². The second-order valence-electron chi connectivity index (χ2n) is 3.30. The van der Waals surface area contributed by atoms with Gasteiger partial charge < -0.3 is 10.1 Å². The molecule has 0 saturated heterocycles. The highest BCUT2D eigenvalue weighted by Gasteiger charge is 2.18. The number of methoxy groups -OCH3 is 1. The number of hydrogen-bond donors (Lipinski definition) is 1. The number of amides is 1. The maximum atomic E-state index is 11.9. The molecular formula is C11H10BrClINO3. The van der Waals surface area contributed by atoms with Crippen molar-refractivity contribution in [2.75, 3.05) is 13.7 Å². The van der Waals surface area contributed by atoms with E-state index in [0.29, 0.717) is 15.1 Å². The number of ether oxygens (including phenoxy) is 1. The van der Waals surface area contributed by atoms with Crippen molar-refractivity contribution in [2.24, 2.45) is 0 Å². The third-order valence-corrected chi connectivity index (χ3v) is 4.34. The Morgan fingerprint density at radius 2 is 2.22 bits per heavy atom. The Kier molecular flexibility index (Phi) is 6.37. The number of halogens is 3. The van der Waals surface area contributed by atoms with Gasteiger partial charge in [0.1, 0.15) is 3.92 Å². The lowest BCUT2D eigenvalue weighted by atomic mass is 10.2. The Morgan fingerprint density at radius 3 is 2.83 bits per heavy atom. The fourth-order valence-electron chi connectivity index (χ4n) is 1.17. The summed E-state index contributed by atoms with van der Waals surface area (Å²) >= 11 is 11.1. The van der Waals surface area contributed by atoms with Crippen LogP contribution in [0.15, 0.2) is 22.7 Å². The Labute approximate surface area is 132 Å². The molecule has 0 aliphatic carbocycles. The minimum atomic E-state index is -0.428. The molecule has 0 bridgehead atoms. The van der Waals surface area contributed by atoms with Crippen molar-refractivity contribution in [3.8, 4) is 0 Å². The van der Waals surface area contributed by atoms with Crippen LogP contribution < -0.4 is 5.32 Å². The number of hydrogen-bond acceptors (Lipinski definition) is 3. The van der Waals surface area contributed by atoms with E-state index in [-0.39, 0.29) is 18.4 Å².